The van der Waals surface area contributed by atoms with Crippen molar-refractivity contribution in [3.63, 3.8) is 0 Å². The molecular formula is C18H33NO3. The molecule has 2 aliphatic rings. The van der Waals surface area contributed by atoms with Gasteiger partial charge in [-0.3, -0.25) is 0 Å². The molecule has 0 radical (unpaired) electrons. The van der Waals surface area contributed by atoms with Crippen molar-refractivity contribution in [1.29, 1.82) is 0 Å². The van der Waals surface area contributed by atoms with E-state index < -0.39 is 5.60 Å². The predicted molar refractivity (Wildman–Crippen MR) is 88.0 cm³/mol. The molecule has 1 amide bonds. The molecule has 22 heavy (non-hydrogen) atoms. The van der Waals surface area contributed by atoms with Gasteiger partial charge in [-0.05, 0) is 33.6 Å². The van der Waals surface area contributed by atoms with Crippen molar-refractivity contribution in [2.24, 2.45) is 0 Å². The van der Waals surface area contributed by atoms with Gasteiger partial charge in [-0.2, -0.15) is 0 Å². The molecule has 2 aliphatic heterocycles. The maximum absolute atomic E-state index is 12.4. The van der Waals surface area contributed by atoms with Crippen LogP contribution in [-0.4, -0.2) is 41.9 Å². The Kier molecular flexibility index (Phi) is 6.54. The van der Waals surface area contributed by atoms with Gasteiger partial charge in [0.2, 0.25) is 0 Å². The second-order valence-corrected chi connectivity index (χ2v) is 7.82. The Balaban J connectivity index is 1.94. The molecule has 0 aromatic rings. The molecule has 0 aliphatic carbocycles. The molecule has 2 unspecified atom stereocenters. The monoisotopic (exact) mass is 311 g/mol. The molecule has 4 nitrogen and oxygen atoms in total. The van der Waals surface area contributed by atoms with Gasteiger partial charge in [0.05, 0.1) is 25.3 Å². The van der Waals surface area contributed by atoms with E-state index in [1.54, 1.807) is 0 Å². The van der Waals surface area contributed by atoms with E-state index in [1.807, 2.05) is 25.7 Å². The number of carbonyl (C=O) groups is 1. The molecule has 2 fully saturated rings. The molecule has 0 N–H and O–H groups in total. The topological polar surface area (TPSA) is 38.8 Å². The lowest BCUT2D eigenvalue weighted by atomic mass is 10.0. The highest BCUT2D eigenvalue weighted by molar-refractivity contribution is 5.68. The molecule has 4 heteroatoms. The average molecular weight is 311 g/mol. The number of carbonyl (C=O) groups excluding carboxylic acids is 1. The van der Waals surface area contributed by atoms with Gasteiger partial charge in [-0.15, -0.1) is 0 Å². The SMILES string of the molecule is CC(C)(C)OC(=O)N1CC2CCCCCCCCCC(C1)O2. The normalized spacial score (nSPS) is 28.4. The molecule has 2 heterocycles. The Morgan fingerprint density at radius 3 is 1.82 bits per heavy atom. The van der Waals surface area contributed by atoms with Gasteiger partial charge in [0, 0.05) is 0 Å². The van der Waals surface area contributed by atoms with Crippen molar-refractivity contribution in [2.45, 2.75) is 96.4 Å². The van der Waals surface area contributed by atoms with Gasteiger partial charge in [-0.1, -0.05) is 44.9 Å². The lowest BCUT2D eigenvalue weighted by Crippen LogP contribution is -2.51. The fraction of sp³-hybridized carbons (Fsp3) is 0.944. The van der Waals surface area contributed by atoms with Gasteiger partial charge < -0.3 is 14.4 Å². The first-order valence-electron chi connectivity index (χ1n) is 9.07. The third-order valence-corrected chi connectivity index (χ3v) is 4.44. The Morgan fingerprint density at radius 2 is 1.36 bits per heavy atom. The Morgan fingerprint density at radius 1 is 0.909 bits per heavy atom. The zero-order chi connectivity index (χ0) is 16.0. The minimum atomic E-state index is -0.429. The van der Waals surface area contributed by atoms with Crippen LogP contribution < -0.4 is 0 Å². The van der Waals surface area contributed by atoms with E-state index >= 15 is 0 Å². The summed E-state index contributed by atoms with van der Waals surface area (Å²) in [4.78, 5) is 14.2. The summed E-state index contributed by atoms with van der Waals surface area (Å²) in [5.74, 6) is 0. The van der Waals surface area contributed by atoms with Crippen LogP contribution in [-0.2, 0) is 9.47 Å². The van der Waals surface area contributed by atoms with E-state index in [9.17, 15) is 4.79 Å². The van der Waals surface area contributed by atoms with Crippen LogP contribution in [0.5, 0.6) is 0 Å². The molecule has 0 aromatic heterocycles. The minimum absolute atomic E-state index is 0.183. The molecule has 2 rings (SSSR count). The van der Waals surface area contributed by atoms with Crippen LogP contribution in [0.1, 0.15) is 78.6 Å². The first-order valence-corrected chi connectivity index (χ1v) is 9.07. The standard InChI is InChI=1S/C18H33NO3/c1-18(2,3)22-17(20)19-13-15-11-9-7-5-4-6-8-10-12-16(14-19)21-15/h15-16H,4-14H2,1-3H3. The third-order valence-electron chi connectivity index (χ3n) is 4.44. The van der Waals surface area contributed by atoms with Crippen molar-refractivity contribution >= 4 is 6.09 Å². The molecule has 2 saturated heterocycles. The van der Waals surface area contributed by atoms with Crippen LogP contribution in [0.3, 0.4) is 0 Å². The smallest absolute Gasteiger partial charge is 0.410 e. The molecule has 0 spiro atoms. The van der Waals surface area contributed by atoms with E-state index in [1.165, 1.54) is 44.9 Å². The highest BCUT2D eigenvalue weighted by Gasteiger charge is 2.32. The molecule has 0 saturated carbocycles. The number of rotatable bonds is 0. The quantitative estimate of drug-likeness (QED) is 0.660. The Hall–Kier alpha value is -0.770. The van der Waals surface area contributed by atoms with Crippen molar-refractivity contribution in [3.8, 4) is 0 Å². The molecule has 0 aromatic carbocycles. The molecule has 128 valence electrons. The van der Waals surface area contributed by atoms with Crippen LogP contribution >= 0.6 is 0 Å². The first-order chi connectivity index (χ1) is 10.4. The van der Waals surface area contributed by atoms with Crippen molar-refractivity contribution in [3.05, 3.63) is 0 Å². The largest absolute Gasteiger partial charge is 0.444 e. The average Bonchev–Trinajstić information content (AvgIpc) is 2.42. The van der Waals surface area contributed by atoms with Crippen LogP contribution in [0.15, 0.2) is 0 Å². The number of morpholine rings is 1. The van der Waals surface area contributed by atoms with E-state index in [0.717, 1.165) is 12.8 Å². The fourth-order valence-electron chi connectivity index (χ4n) is 3.35. The number of fused-ring (bicyclic) bond motifs is 2. The van der Waals surface area contributed by atoms with Gasteiger partial charge in [-0.25, -0.2) is 4.79 Å². The maximum Gasteiger partial charge on any atom is 0.410 e. The first kappa shape index (κ1) is 17.6. The van der Waals surface area contributed by atoms with Crippen molar-refractivity contribution in [1.82, 2.24) is 4.90 Å². The summed E-state index contributed by atoms with van der Waals surface area (Å²) in [6.07, 6.45) is 11.4. The maximum atomic E-state index is 12.4. The van der Waals surface area contributed by atoms with E-state index in [4.69, 9.17) is 9.47 Å². The highest BCUT2D eigenvalue weighted by atomic mass is 16.6. The molecular weight excluding hydrogens is 278 g/mol. The van der Waals surface area contributed by atoms with Crippen LogP contribution in [0.25, 0.3) is 0 Å². The van der Waals surface area contributed by atoms with Crippen LogP contribution in [0, 0.1) is 0 Å². The fourth-order valence-corrected chi connectivity index (χ4v) is 3.35. The number of nitrogens with zero attached hydrogens (tertiary/aromatic N) is 1. The third kappa shape index (κ3) is 6.15. The molecule has 2 bridgehead atoms. The summed E-state index contributed by atoms with van der Waals surface area (Å²) in [6, 6.07) is 0. The van der Waals surface area contributed by atoms with Gasteiger partial charge >= 0.3 is 6.09 Å². The zero-order valence-electron chi connectivity index (χ0n) is 14.6. The number of hydrogen-bond donors (Lipinski definition) is 0. The molecule has 2 atom stereocenters. The zero-order valence-corrected chi connectivity index (χ0v) is 14.6. The number of hydrogen-bond acceptors (Lipinski definition) is 3. The lowest BCUT2D eigenvalue weighted by Gasteiger charge is -2.39. The van der Waals surface area contributed by atoms with Crippen LogP contribution in [0.2, 0.25) is 0 Å². The summed E-state index contributed by atoms with van der Waals surface area (Å²) >= 11 is 0. The van der Waals surface area contributed by atoms with Gasteiger partial charge in [0.25, 0.3) is 0 Å². The van der Waals surface area contributed by atoms with Gasteiger partial charge in [0.1, 0.15) is 5.60 Å². The van der Waals surface area contributed by atoms with E-state index in [2.05, 4.69) is 0 Å². The Bertz CT molecular complexity index is 333. The summed E-state index contributed by atoms with van der Waals surface area (Å²) in [5, 5.41) is 0. The summed E-state index contributed by atoms with van der Waals surface area (Å²) in [6.45, 7) is 7.14. The lowest BCUT2D eigenvalue weighted by molar-refractivity contribution is -0.0932. The number of ether oxygens (including phenoxy) is 2. The highest BCUT2D eigenvalue weighted by Crippen LogP contribution is 2.23. The van der Waals surface area contributed by atoms with Crippen molar-refractivity contribution < 1.29 is 14.3 Å². The van der Waals surface area contributed by atoms with E-state index in [0.29, 0.717) is 13.1 Å². The van der Waals surface area contributed by atoms with Gasteiger partial charge in [0.15, 0.2) is 0 Å². The Labute approximate surface area is 135 Å². The van der Waals surface area contributed by atoms with Crippen molar-refractivity contribution in [2.75, 3.05) is 13.1 Å². The number of amides is 1. The second kappa shape index (κ2) is 8.19. The minimum Gasteiger partial charge on any atom is -0.444 e. The summed E-state index contributed by atoms with van der Waals surface area (Å²) in [7, 11) is 0. The van der Waals surface area contributed by atoms with E-state index in [-0.39, 0.29) is 18.3 Å². The predicted octanol–water partition coefficient (Wildman–Crippen LogP) is 4.52. The van der Waals surface area contributed by atoms with Crippen LogP contribution in [0.4, 0.5) is 4.79 Å². The summed E-state index contributed by atoms with van der Waals surface area (Å²) < 4.78 is 11.8. The summed E-state index contributed by atoms with van der Waals surface area (Å²) in [5.41, 5.74) is -0.429. The second-order valence-electron chi connectivity index (χ2n) is 7.82.